The standard InChI is InChI=1S/C6H14N2/c1-2-5-8-6-3-4-7/h4,7-8H,2-3,5-6H2,1H3. The third-order valence-corrected chi connectivity index (χ3v) is 0.892. The predicted molar refractivity (Wildman–Crippen MR) is 36.6 cm³/mol. The van der Waals surface area contributed by atoms with Gasteiger partial charge in [-0.2, -0.15) is 0 Å². The molecule has 0 aromatic carbocycles. The molecule has 0 aromatic heterocycles. The van der Waals surface area contributed by atoms with Gasteiger partial charge in [0, 0.05) is 6.54 Å². The topological polar surface area (TPSA) is 35.9 Å². The first-order chi connectivity index (χ1) is 3.91. The summed E-state index contributed by atoms with van der Waals surface area (Å²) in [5, 5.41) is 9.86. The molecule has 0 spiro atoms. The summed E-state index contributed by atoms with van der Waals surface area (Å²) in [6, 6.07) is 0. The van der Waals surface area contributed by atoms with Crippen molar-refractivity contribution in [3.05, 3.63) is 0 Å². The van der Waals surface area contributed by atoms with E-state index >= 15 is 0 Å². The highest BCUT2D eigenvalue weighted by Gasteiger charge is 1.79. The lowest BCUT2D eigenvalue weighted by atomic mass is 10.4. The lowest BCUT2D eigenvalue weighted by Crippen LogP contribution is -2.15. The molecule has 0 radical (unpaired) electrons. The first-order valence-corrected chi connectivity index (χ1v) is 3.11. The average Bonchev–Trinajstić information content (AvgIpc) is 1.81. The fourth-order valence-corrected chi connectivity index (χ4v) is 0.476. The minimum absolute atomic E-state index is 0.861. The Labute approximate surface area is 50.8 Å². The zero-order valence-corrected chi connectivity index (χ0v) is 5.41. The van der Waals surface area contributed by atoms with Crippen LogP contribution in [0.2, 0.25) is 0 Å². The van der Waals surface area contributed by atoms with Crippen LogP contribution in [0.5, 0.6) is 0 Å². The van der Waals surface area contributed by atoms with E-state index in [2.05, 4.69) is 12.2 Å². The summed E-state index contributed by atoms with van der Waals surface area (Å²) in [7, 11) is 0. The van der Waals surface area contributed by atoms with Gasteiger partial charge in [-0.15, -0.1) is 0 Å². The van der Waals surface area contributed by atoms with Gasteiger partial charge in [0.25, 0.3) is 0 Å². The summed E-state index contributed by atoms with van der Waals surface area (Å²) >= 11 is 0. The van der Waals surface area contributed by atoms with Crippen LogP contribution in [0.15, 0.2) is 0 Å². The van der Waals surface area contributed by atoms with E-state index in [-0.39, 0.29) is 0 Å². The summed E-state index contributed by atoms with van der Waals surface area (Å²) in [6.45, 7) is 4.17. The Balaban J connectivity index is 2.62. The van der Waals surface area contributed by atoms with Gasteiger partial charge in [0.15, 0.2) is 0 Å². The number of nitrogens with one attached hydrogen (secondary N) is 2. The maximum absolute atomic E-state index is 6.67. The first-order valence-electron chi connectivity index (χ1n) is 3.11. The third kappa shape index (κ3) is 5.63. The van der Waals surface area contributed by atoms with Gasteiger partial charge in [-0.05, 0) is 25.6 Å². The third-order valence-electron chi connectivity index (χ3n) is 0.892. The predicted octanol–water partition coefficient (Wildman–Crippen LogP) is 1.03. The van der Waals surface area contributed by atoms with Crippen LogP contribution in [-0.4, -0.2) is 19.3 Å². The van der Waals surface area contributed by atoms with E-state index in [0.717, 1.165) is 19.5 Å². The van der Waals surface area contributed by atoms with E-state index in [1.165, 1.54) is 12.6 Å². The molecule has 0 rings (SSSR count). The quantitative estimate of drug-likeness (QED) is 0.406. The molecule has 0 unspecified atom stereocenters. The van der Waals surface area contributed by atoms with Crippen LogP contribution in [0.3, 0.4) is 0 Å². The molecule has 0 aliphatic rings. The second-order valence-electron chi connectivity index (χ2n) is 1.74. The van der Waals surface area contributed by atoms with Crippen LogP contribution in [0.25, 0.3) is 0 Å². The van der Waals surface area contributed by atoms with Gasteiger partial charge in [-0.25, -0.2) is 0 Å². The number of hydrogen-bond donors (Lipinski definition) is 2. The van der Waals surface area contributed by atoms with Crippen molar-refractivity contribution >= 4 is 6.21 Å². The normalized spacial score (nSPS) is 9.12. The van der Waals surface area contributed by atoms with E-state index in [1.807, 2.05) is 0 Å². The molecule has 2 heteroatoms. The minimum atomic E-state index is 0.861. The smallest absolute Gasteiger partial charge is 0.0000487 e. The van der Waals surface area contributed by atoms with Crippen LogP contribution >= 0.6 is 0 Å². The van der Waals surface area contributed by atoms with Crippen molar-refractivity contribution in [3.63, 3.8) is 0 Å². The van der Waals surface area contributed by atoms with Crippen molar-refractivity contribution in [2.75, 3.05) is 13.1 Å². The molecule has 0 saturated carbocycles. The highest BCUT2D eigenvalue weighted by molar-refractivity contribution is 5.52. The van der Waals surface area contributed by atoms with Crippen molar-refractivity contribution in [1.29, 1.82) is 5.41 Å². The van der Waals surface area contributed by atoms with Gasteiger partial charge >= 0.3 is 0 Å². The molecule has 0 aromatic rings. The molecule has 0 aliphatic heterocycles. The molecular formula is C6H14N2. The molecule has 0 amide bonds. The molecule has 0 aliphatic carbocycles. The largest absolute Gasteiger partial charge is 0.316 e. The van der Waals surface area contributed by atoms with Gasteiger partial charge in [0.2, 0.25) is 0 Å². The summed E-state index contributed by atoms with van der Waals surface area (Å²) < 4.78 is 0. The maximum Gasteiger partial charge on any atom is 0.0000487 e. The van der Waals surface area contributed by atoms with Crippen LogP contribution in [-0.2, 0) is 0 Å². The zero-order valence-electron chi connectivity index (χ0n) is 5.41. The average molecular weight is 114 g/mol. The Bertz CT molecular complexity index is 52.5. The molecule has 2 nitrogen and oxygen atoms in total. The summed E-state index contributed by atoms with van der Waals surface area (Å²) in [4.78, 5) is 0. The summed E-state index contributed by atoms with van der Waals surface area (Å²) in [5.41, 5.74) is 0. The van der Waals surface area contributed by atoms with Crippen molar-refractivity contribution < 1.29 is 0 Å². The van der Waals surface area contributed by atoms with Gasteiger partial charge in [0.1, 0.15) is 0 Å². The fourth-order valence-electron chi connectivity index (χ4n) is 0.476. The van der Waals surface area contributed by atoms with E-state index in [1.54, 1.807) is 0 Å². The molecule has 0 heterocycles. The molecule has 2 N–H and O–H groups in total. The second kappa shape index (κ2) is 6.63. The Morgan fingerprint density at radius 3 is 2.75 bits per heavy atom. The molecule has 0 fully saturated rings. The minimum Gasteiger partial charge on any atom is -0.316 e. The number of rotatable bonds is 5. The van der Waals surface area contributed by atoms with Crippen LogP contribution in [0, 0.1) is 5.41 Å². The lowest BCUT2D eigenvalue weighted by Gasteiger charge is -1.96. The molecule has 0 bridgehead atoms. The van der Waals surface area contributed by atoms with E-state index in [4.69, 9.17) is 5.41 Å². The van der Waals surface area contributed by atoms with E-state index in [9.17, 15) is 0 Å². The van der Waals surface area contributed by atoms with Gasteiger partial charge in [0.05, 0.1) is 0 Å². The van der Waals surface area contributed by atoms with Crippen molar-refractivity contribution in [2.24, 2.45) is 0 Å². The molecule has 8 heavy (non-hydrogen) atoms. The zero-order chi connectivity index (χ0) is 6.24. The molecular weight excluding hydrogens is 100 g/mol. The monoisotopic (exact) mass is 114 g/mol. The lowest BCUT2D eigenvalue weighted by molar-refractivity contribution is 0.688. The molecule has 48 valence electrons. The molecule has 0 atom stereocenters. The second-order valence-corrected chi connectivity index (χ2v) is 1.74. The summed E-state index contributed by atoms with van der Waals surface area (Å²) in [6.07, 6.45) is 3.47. The Morgan fingerprint density at radius 1 is 1.50 bits per heavy atom. The maximum atomic E-state index is 6.67. The highest BCUT2D eigenvalue weighted by atomic mass is 14.8. The highest BCUT2D eigenvalue weighted by Crippen LogP contribution is 1.70. The van der Waals surface area contributed by atoms with E-state index < -0.39 is 0 Å². The number of hydrogen-bond acceptors (Lipinski definition) is 2. The molecule has 0 saturated heterocycles. The Hall–Kier alpha value is -0.370. The summed E-state index contributed by atoms with van der Waals surface area (Å²) in [5.74, 6) is 0. The van der Waals surface area contributed by atoms with Crippen molar-refractivity contribution in [2.45, 2.75) is 19.8 Å². The SMILES string of the molecule is CCCNCCC=N. The van der Waals surface area contributed by atoms with Crippen molar-refractivity contribution in [1.82, 2.24) is 5.32 Å². The Morgan fingerprint density at radius 2 is 2.25 bits per heavy atom. The van der Waals surface area contributed by atoms with E-state index in [0.29, 0.717) is 0 Å². The van der Waals surface area contributed by atoms with Crippen LogP contribution < -0.4 is 5.32 Å². The van der Waals surface area contributed by atoms with Crippen LogP contribution in [0.4, 0.5) is 0 Å². The van der Waals surface area contributed by atoms with Gasteiger partial charge in [-0.3, -0.25) is 0 Å². The van der Waals surface area contributed by atoms with Crippen molar-refractivity contribution in [3.8, 4) is 0 Å². The van der Waals surface area contributed by atoms with Gasteiger partial charge in [-0.1, -0.05) is 6.92 Å². The first kappa shape index (κ1) is 7.63. The fraction of sp³-hybridized carbons (Fsp3) is 0.833. The van der Waals surface area contributed by atoms with Gasteiger partial charge < -0.3 is 10.7 Å². The van der Waals surface area contributed by atoms with Crippen LogP contribution in [0.1, 0.15) is 19.8 Å². The Kier molecular flexibility index (Phi) is 6.32.